The summed E-state index contributed by atoms with van der Waals surface area (Å²) in [7, 11) is 0. The van der Waals surface area contributed by atoms with Crippen LogP contribution in [-0.2, 0) is 0 Å². The van der Waals surface area contributed by atoms with Crippen LogP contribution in [0.5, 0.6) is 0 Å². The van der Waals surface area contributed by atoms with Gasteiger partial charge in [0, 0.05) is 18.0 Å². The number of rotatable bonds is 8. The van der Waals surface area contributed by atoms with E-state index in [1.54, 1.807) is 0 Å². The molecule has 4 N–H and O–H groups in total. The van der Waals surface area contributed by atoms with Crippen molar-refractivity contribution in [3.63, 3.8) is 0 Å². The van der Waals surface area contributed by atoms with E-state index in [2.05, 4.69) is 18.7 Å². The summed E-state index contributed by atoms with van der Waals surface area (Å²) in [6.07, 6.45) is 1.92. The molecule has 0 radical (unpaired) electrons. The van der Waals surface area contributed by atoms with Gasteiger partial charge in [0.1, 0.15) is 0 Å². The van der Waals surface area contributed by atoms with Gasteiger partial charge in [-0.2, -0.15) is 0 Å². The predicted molar refractivity (Wildman–Crippen MR) is 68.7 cm³/mol. The summed E-state index contributed by atoms with van der Waals surface area (Å²) in [4.78, 5) is 2.25. The third-order valence-electron chi connectivity index (χ3n) is 3.09. The lowest BCUT2D eigenvalue weighted by atomic mass is 9.86. The van der Waals surface area contributed by atoms with Gasteiger partial charge in [-0.25, -0.2) is 0 Å². The Morgan fingerprint density at radius 1 is 1.38 bits per heavy atom. The minimum Gasteiger partial charge on any atom is -0.395 e. The molecule has 0 aromatic heterocycles. The molecule has 0 aromatic carbocycles. The molecule has 0 atom stereocenters. The monoisotopic (exact) mass is 229 g/mol. The first-order valence-corrected chi connectivity index (χ1v) is 6.00. The van der Waals surface area contributed by atoms with Crippen molar-refractivity contribution in [2.24, 2.45) is 11.1 Å². The molecule has 0 saturated carbocycles. The molecule has 4 heteroatoms. The zero-order valence-electron chi connectivity index (χ0n) is 11.1. The fraction of sp³-hybridized carbons (Fsp3) is 0.917. The second kappa shape index (κ2) is 6.86. The lowest BCUT2D eigenvalue weighted by Gasteiger charge is -2.28. The van der Waals surface area contributed by atoms with E-state index in [4.69, 9.17) is 16.2 Å². The minimum absolute atomic E-state index is 0.203. The van der Waals surface area contributed by atoms with Crippen LogP contribution in [0, 0.1) is 10.8 Å². The van der Waals surface area contributed by atoms with Crippen molar-refractivity contribution < 1.29 is 5.11 Å². The Kier molecular flexibility index (Phi) is 6.60. The maximum atomic E-state index is 8.94. The van der Waals surface area contributed by atoms with Gasteiger partial charge in [0.25, 0.3) is 0 Å². The number of nitrogens with two attached hydrogens (primary N) is 1. The minimum atomic E-state index is -0.206. The van der Waals surface area contributed by atoms with Crippen LogP contribution in [0.1, 0.15) is 40.5 Å². The van der Waals surface area contributed by atoms with Gasteiger partial charge in [0.15, 0.2) is 0 Å². The summed E-state index contributed by atoms with van der Waals surface area (Å²) in [5, 5.41) is 16.4. The van der Waals surface area contributed by atoms with Crippen LogP contribution in [-0.4, -0.2) is 41.6 Å². The first-order valence-electron chi connectivity index (χ1n) is 6.00. The van der Waals surface area contributed by atoms with Crippen LogP contribution in [0.2, 0.25) is 0 Å². The molecule has 0 aromatic rings. The van der Waals surface area contributed by atoms with E-state index in [9.17, 15) is 0 Å². The molecule has 0 spiro atoms. The van der Waals surface area contributed by atoms with Gasteiger partial charge in [-0.1, -0.05) is 13.8 Å². The molecular formula is C12H27N3O. The highest BCUT2D eigenvalue weighted by Gasteiger charge is 2.21. The number of aliphatic hydroxyl groups excluding tert-OH is 1. The molecule has 16 heavy (non-hydrogen) atoms. The number of amidine groups is 1. The van der Waals surface area contributed by atoms with Crippen molar-refractivity contribution in [1.29, 1.82) is 5.41 Å². The molecule has 0 aliphatic heterocycles. The van der Waals surface area contributed by atoms with Crippen molar-refractivity contribution in [2.75, 3.05) is 19.7 Å². The maximum absolute atomic E-state index is 8.94. The van der Waals surface area contributed by atoms with Crippen LogP contribution < -0.4 is 5.73 Å². The Balaban J connectivity index is 3.99. The van der Waals surface area contributed by atoms with Crippen LogP contribution in [0.4, 0.5) is 0 Å². The van der Waals surface area contributed by atoms with Crippen molar-refractivity contribution in [3.8, 4) is 0 Å². The van der Waals surface area contributed by atoms with E-state index in [1.165, 1.54) is 0 Å². The summed E-state index contributed by atoms with van der Waals surface area (Å²) in [5.74, 6) is 0.255. The van der Waals surface area contributed by atoms with E-state index in [-0.39, 0.29) is 17.9 Å². The highest BCUT2D eigenvalue weighted by Crippen LogP contribution is 2.22. The Hall–Kier alpha value is -0.610. The van der Waals surface area contributed by atoms with Gasteiger partial charge in [0.05, 0.1) is 12.4 Å². The van der Waals surface area contributed by atoms with Crippen molar-refractivity contribution in [3.05, 3.63) is 0 Å². The summed E-state index contributed by atoms with van der Waals surface area (Å²) >= 11 is 0. The van der Waals surface area contributed by atoms with Crippen LogP contribution >= 0.6 is 0 Å². The lowest BCUT2D eigenvalue weighted by molar-refractivity contribution is 0.160. The highest BCUT2D eigenvalue weighted by molar-refractivity contribution is 5.82. The predicted octanol–water partition coefficient (Wildman–Crippen LogP) is 1.43. The number of hydrogen-bond donors (Lipinski definition) is 3. The third kappa shape index (κ3) is 5.47. The Morgan fingerprint density at radius 2 is 1.94 bits per heavy atom. The Morgan fingerprint density at radius 3 is 2.31 bits per heavy atom. The molecule has 0 aliphatic rings. The van der Waals surface area contributed by atoms with Gasteiger partial charge >= 0.3 is 0 Å². The smallest absolute Gasteiger partial charge is 0.0963 e. The first-order chi connectivity index (χ1) is 7.31. The molecular weight excluding hydrogens is 202 g/mol. The van der Waals surface area contributed by atoms with Gasteiger partial charge < -0.3 is 10.8 Å². The lowest BCUT2D eigenvalue weighted by Crippen LogP contribution is -2.36. The Labute approximate surface area is 99.3 Å². The van der Waals surface area contributed by atoms with Gasteiger partial charge in [-0.3, -0.25) is 10.3 Å². The van der Waals surface area contributed by atoms with Crippen LogP contribution in [0.3, 0.4) is 0 Å². The van der Waals surface area contributed by atoms with E-state index in [1.807, 2.05) is 13.8 Å². The zero-order valence-corrected chi connectivity index (χ0v) is 11.1. The average Bonchev–Trinajstić information content (AvgIpc) is 2.15. The second-order valence-electron chi connectivity index (χ2n) is 5.25. The second-order valence-corrected chi connectivity index (χ2v) is 5.25. The maximum Gasteiger partial charge on any atom is 0.0963 e. The number of nitrogens with one attached hydrogen (secondary N) is 1. The molecule has 96 valence electrons. The summed E-state index contributed by atoms with van der Waals surface area (Å²) in [5.41, 5.74) is 5.33. The summed E-state index contributed by atoms with van der Waals surface area (Å²) < 4.78 is 0. The molecule has 0 aliphatic carbocycles. The normalized spacial score (nSPS) is 12.4. The van der Waals surface area contributed by atoms with Crippen molar-refractivity contribution >= 4 is 5.84 Å². The third-order valence-corrected chi connectivity index (χ3v) is 3.09. The first kappa shape index (κ1) is 15.4. The van der Waals surface area contributed by atoms with Gasteiger partial charge in [-0.05, 0) is 33.2 Å². The van der Waals surface area contributed by atoms with Crippen molar-refractivity contribution in [1.82, 2.24) is 4.90 Å². The molecule has 0 saturated heterocycles. The average molecular weight is 229 g/mol. The molecule has 4 nitrogen and oxygen atoms in total. The number of hydrogen-bond acceptors (Lipinski definition) is 3. The molecule has 0 unspecified atom stereocenters. The molecule has 0 amide bonds. The van der Waals surface area contributed by atoms with Gasteiger partial charge in [0.2, 0.25) is 0 Å². The van der Waals surface area contributed by atoms with Crippen molar-refractivity contribution in [2.45, 2.75) is 46.6 Å². The fourth-order valence-corrected chi connectivity index (χ4v) is 1.62. The number of nitrogens with zero attached hydrogens (tertiary/aromatic N) is 1. The van der Waals surface area contributed by atoms with E-state index in [0.29, 0.717) is 6.04 Å². The molecule has 0 heterocycles. The molecule has 0 fully saturated rings. The topological polar surface area (TPSA) is 73.3 Å². The highest BCUT2D eigenvalue weighted by atomic mass is 16.3. The molecule has 0 bridgehead atoms. The fourth-order valence-electron chi connectivity index (χ4n) is 1.62. The largest absolute Gasteiger partial charge is 0.395 e. The van der Waals surface area contributed by atoms with Crippen LogP contribution in [0.25, 0.3) is 0 Å². The summed E-state index contributed by atoms with van der Waals surface area (Å²) in [6.45, 7) is 10.1. The zero-order chi connectivity index (χ0) is 12.8. The molecule has 0 rings (SSSR count). The van der Waals surface area contributed by atoms with E-state index >= 15 is 0 Å². The van der Waals surface area contributed by atoms with E-state index < -0.39 is 0 Å². The summed E-state index contributed by atoms with van der Waals surface area (Å²) in [6, 6.07) is 0.451. The standard InChI is InChI=1S/C12H27N3O/c1-10(2)15(8-9-16)7-5-6-12(3,4)11(13)14/h10,16H,5-9H2,1-4H3,(H3,13,14). The number of aliphatic hydroxyl groups is 1. The van der Waals surface area contributed by atoms with Gasteiger partial charge in [-0.15, -0.1) is 0 Å². The SMILES string of the molecule is CC(C)N(CCO)CCCC(C)(C)C(=N)N. The quantitative estimate of drug-likeness (QED) is 0.435. The van der Waals surface area contributed by atoms with Crippen LogP contribution in [0.15, 0.2) is 0 Å². The Bertz CT molecular complexity index is 214. The van der Waals surface area contributed by atoms with E-state index in [0.717, 1.165) is 25.9 Å².